The SMILES string of the molecule is CC(C)CNCCCCCCN1CCCS(=O)(=O)CC1. The maximum atomic E-state index is 11.5. The van der Waals surface area contributed by atoms with Crippen LogP contribution in [0.5, 0.6) is 0 Å². The summed E-state index contributed by atoms with van der Waals surface area (Å²) in [6, 6.07) is 0. The highest BCUT2D eigenvalue weighted by Crippen LogP contribution is 2.07. The summed E-state index contributed by atoms with van der Waals surface area (Å²) in [5.41, 5.74) is 0. The standard InChI is InChI=1S/C15H32N2O2S/c1-15(2)14-16-8-5-3-4-6-9-17-10-7-12-20(18,19)13-11-17/h15-16H,3-14H2,1-2H3. The molecule has 1 fully saturated rings. The molecule has 0 aromatic rings. The molecule has 1 saturated heterocycles. The van der Waals surface area contributed by atoms with Gasteiger partial charge in [-0.15, -0.1) is 0 Å². The topological polar surface area (TPSA) is 49.4 Å². The Hall–Kier alpha value is -0.130. The highest BCUT2D eigenvalue weighted by molar-refractivity contribution is 7.91. The molecule has 4 nitrogen and oxygen atoms in total. The van der Waals surface area contributed by atoms with Crippen LogP contribution in [0.3, 0.4) is 0 Å². The van der Waals surface area contributed by atoms with Crippen LogP contribution in [0, 0.1) is 5.92 Å². The highest BCUT2D eigenvalue weighted by Gasteiger charge is 2.18. The number of nitrogens with one attached hydrogen (secondary N) is 1. The number of nitrogens with zero attached hydrogens (tertiary/aromatic N) is 1. The minimum atomic E-state index is -2.75. The lowest BCUT2D eigenvalue weighted by Gasteiger charge is -2.18. The van der Waals surface area contributed by atoms with Crippen molar-refractivity contribution < 1.29 is 8.42 Å². The van der Waals surface area contributed by atoms with Crippen molar-refractivity contribution in [1.29, 1.82) is 0 Å². The quantitative estimate of drug-likeness (QED) is 0.661. The normalized spacial score (nSPS) is 20.1. The van der Waals surface area contributed by atoms with Gasteiger partial charge in [-0.25, -0.2) is 8.42 Å². The second-order valence-electron chi connectivity index (χ2n) is 6.36. The average molecular weight is 305 g/mol. The second kappa shape index (κ2) is 9.74. The van der Waals surface area contributed by atoms with Gasteiger partial charge in [0.05, 0.1) is 11.5 Å². The third-order valence-corrected chi connectivity index (χ3v) is 5.49. The lowest BCUT2D eigenvalue weighted by molar-refractivity contribution is 0.287. The lowest BCUT2D eigenvalue weighted by atomic mass is 10.1. The first kappa shape index (κ1) is 17.9. The molecule has 1 heterocycles. The van der Waals surface area contributed by atoms with Crippen molar-refractivity contribution in [3.8, 4) is 0 Å². The number of unbranched alkanes of at least 4 members (excludes halogenated alkanes) is 3. The van der Waals surface area contributed by atoms with E-state index in [9.17, 15) is 8.42 Å². The lowest BCUT2D eigenvalue weighted by Crippen LogP contribution is -2.28. The largest absolute Gasteiger partial charge is 0.316 e. The fraction of sp³-hybridized carbons (Fsp3) is 1.00. The number of hydrogen-bond donors (Lipinski definition) is 1. The van der Waals surface area contributed by atoms with E-state index in [0.717, 1.165) is 45.1 Å². The van der Waals surface area contributed by atoms with Crippen molar-refractivity contribution in [2.75, 3.05) is 44.2 Å². The molecule has 120 valence electrons. The van der Waals surface area contributed by atoms with E-state index in [0.29, 0.717) is 11.5 Å². The fourth-order valence-corrected chi connectivity index (χ4v) is 3.85. The molecule has 0 unspecified atom stereocenters. The third-order valence-electron chi connectivity index (χ3n) is 3.78. The van der Waals surface area contributed by atoms with Gasteiger partial charge in [0.1, 0.15) is 0 Å². The Bertz CT molecular complexity index is 342. The van der Waals surface area contributed by atoms with Gasteiger partial charge in [0.15, 0.2) is 9.84 Å². The monoisotopic (exact) mass is 304 g/mol. The van der Waals surface area contributed by atoms with E-state index in [-0.39, 0.29) is 0 Å². The molecule has 0 aromatic heterocycles. The van der Waals surface area contributed by atoms with Crippen molar-refractivity contribution in [2.24, 2.45) is 5.92 Å². The molecule has 0 saturated carbocycles. The fourth-order valence-electron chi connectivity index (χ4n) is 2.54. The van der Waals surface area contributed by atoms with Gasteiger partial charge in [0, 0.05) is 6.54 Å². The zero-order valence-corrected chi connectivity index (χ0v) is 14.1. The Morgan fingerprint density at radius 3 is 2.55 bits per heavy atom. The van der Waals surface area contributed by atoms with Gasteiger partial charge in [0.25, 0.3) is 0 Å². The Balaban J connectivity index is 1.96. The molecule has 1 aliphatic heterocycles. The molecular weight excluding hydrogens is 272 g/mol. The van der Waals surface area contributed by atoms with Crippen LogP contribution in [0.25, 0.3) is 0 Å². The van der Waals surface area contributed by atoms with Crippen molar-refractivity contribution in [3.05, 3.63) is 0 Å². The summed E-state index contributed by atoms with van der Waals surface area (Å²) in [4.78, 5) is 2.32. The second-order valence-corrected chi connectivity index (χ2v) is 8.66. The van der Waals surface area contributed by atoms with Gasteiger partial charge in [-0.3, -0.25) is 0 Å². The Morgan fingerprint density at radius 2 is 1.80 bits per heavy atom. The number of hydrogen-bond acceptors (Lipinski definition) is 4. The average Bonchev–Trinajstić information content (AvgIpc) is 2.53. The van der Waals surface area contributed by atoms with Crippen molar-refractivity contribution in [1.82, 2.24) is 10.2 Å². The Kier molecular flexibility index (Phi) is 8.73. The summed E-state index contributed by atoms with van der Waals surface area (Å²) < 4.78 is 23.0. The van der Waals surface area contributed by atoms with Gasteiger partial charge < -0.3 is 10.2 Å². The molecule has 0 aromatic carbocycles. The third kappa shape index (κ3) is 8.93. The van der Waals surface area contributed by atoms with Crippen LogP contribution in [0.4, 0.5) is 0 Å². The molecule has 1 rings (SSSR count). The first-order valence-corrected chi connectivity index (χ1v) is 9.95. The number of rotatable bonds is 9. The molecule has 0 atom stereocenters. The first-order chi connectivity index (χ1) is 9.49. The summed E-state index contributed by atoms with van der Waals surface area (Å²) in [5, 5.41) is 3.47. The van der Waals surface area contributed by atoms with E-state index in [1.165, 1.54) is 25.7 Å². The zero-order chi connectivity index (χ0) is 14.8. The summed E-state index contributed by atoms with van der Waals surface area (Å²) in [6.07, 6.45) is 5.79. The van der Waals surface area contributed by atoms with Crippen LogP contribution >= 0.6 is 0 Å². The molecule has 1 aliphatic rings. The number of sulfone groups is 1. The van der Waals surface area contributed by atoms with E-state index in [1.54, 1.807) is 0 Å². The minimum Gasteiger partial charge on any atom is -0.316 e. The molecular formula is C15H32N2O2S. The van der Waals surface area contributed by atoms with E-state index < -0.39 is 9.84 Å². The molecule has 0 aliphatic carbocycles. The predicted molar refractivity (Wildman–Crippen MR) is 85.9 cm³/mol. The molecule has 20 heavy (non-hydrogen) atoms. The Morgan fingerprint density at radius 1 is 1.05 bits per heavy atom. The molecule has 0 spiro atoms. The van der Waals surface area contributed by atoms with Crippen LogP contribution in [0.1, 0.15) is 46.0 Å². The summed E-state index contributed by atoms with van der Waals surface area (Å²) in [6.45, 7) is 9.45. The summed E-state index contributed by atoms with van der Waals surface area (Å²) in [5.74, 6) is 1.46. The van der Waals surface area contributed by atoms with Crippen molar-refractivity contribution in [2.45, 2.75) is 46.0 Å². The molecule has 1 N–H and O–H groups in total. The van der Waals surface area contributed by atoms with Crippen LogP contribution in [0.15, 0.2) is 0 Å². The van der Waals surface area contributed by atoms with E-state index in [1.807, 2.05) is 0 Å². The van der Waals surface area contributed by atoms with E-state index in [4.69, 9.17) is 0 Å². The first-order valence-electron chi connectivity index (χ1n) is 8.13. The molecule has 5 heteroatoms. The zero-order valence-electron chi connectivity index (χ0n) is 13.2. The van der Waals surface area contributed by atoms with Crippen LogP contribution in [-0.2, 0) is 9.84 Å². The molecule has 0 radical (unpaired) electrons. The van der Waals surface area contributed by atoms with E-state index in [2.05, 4.69) is 24.1 Å². The molecule has 0 amide bonds. The van der Waals surface area contributed by atoms with Gasteiger partial charge in [-0.1, -0.05) is 26.7 Å². The highest BCUT2D eigenvalue weighted by atomic mass is 32.2. The Labute approximate surface area is 125 Å². The molecule has 0 bridgehead atoms. The van der Waals surface area contributed by atoms with Gasteiger partial charge in [-0.2, -0.15) is 0 Å². The smallest absolute Gasteiger partial charge is 0.151 e. The van der Waals surface area contributed by atoms with Crippen molar-refractivity contribution in [3.63, 3.8) is 0 Å². The van der Waals surface area contributed by atoms with Crippen LogP contribution in [0.2, 0.25) is 0 Å². The van der Waals surface area contributed by atoms with Crippen molar-refractivity contribution >= 4 is 9.84 Å². The van der Waals surface area contributed by atoms with E-state index >= 15 is 0 Å². The maximum absolute atomic E-state index is 11.5. The summed E-state index contributed by atoms with van der Waals surface area (Å²) in [7, 11) is -2.75. The maximum Gasteiger partial charge on any atom is 0.151 e. The van der Waals surface area contributed by atoms with Gasteiger partial charge >= 0.3 is 0 Å². The summed E-state index contributed by atoms with van der Waals surface area (Å²) >= 11 is 0. The van der Waals surface area contributed by atoms with Gasteiger partial charge in [-0.05, 0) is 51.4 Å². The van der Waals surface area contributed by atoms with Crippen LogP contribution in [-0.4, -0.2) is 57.5 Å². The van der Waals surface area contributed by atoms with Crippen LogP contribution < -0.4 is 5.32 Å². The van der Waals surface area contributed by atoms with Gasteiger partial charge in [0.2, 0.25) is 0 Å². The minimum absolute atomic E-state index is 0.353. The predicted octanol–water partition coefficient (Wildman–Crippen LogP) is 1.91.